The maximum atomic E-state index is 5.81. The fraction of sp³-hybridized carbons (Fsp3) is 0.500. The van der Waals surface area contributed by atoms with E-state index in [1.807, 2.05) is 0 Å². The maximum absolute atomic E-state index is 5.81. The summed E-state index contributed by atoms with van der Waals surface area (Å²) in [6.07, 6.45) is 5.27. The van der Waals surface area contributed by atoms with Crippen LogP contribution in [0.5, 0.6) is 0 Å². The van der Waals surface area contributed by atoms with E-state index in [-0.39, 0.29) is 0 Å². The molecule has 1 heterocycles. The summed E-state index contributed by atoms with van der Waals surface area (Å²) in [5.41, 5.74) is 0. The molecule has 0 aliphatic heterocycles. The van der Waals surface area contributed by atoms with Gasteiger partial charge in [0.15, 0.2) is 11.0 Å². The molecule has 0 saturated heterocycles. The van der Waals surface area contributed by atoms with E-state index in [1.54, 1.807) is 24.2 Å². The molecule has 0 aliphatic carbocycles. The van der Waals surface area contributed by atoms with Crippen LogP contribution in [0.1, 0.15) is 6.92 Å². The molecule has 1 aromatic rings. The molecule has 1 unspecified atom stereocenters. The Bertz CT molecular complexity index is 269. The van der Waals surface area contributed by atoms with Crippen molar-refractivity contribution in [1.29, 1.82) is 0 Å². The molecule has 0 radical (unpaired) electrons. The van der Waals surface area contributed by atoms with Crippen molar-refractivity contribution in [3.8, 4) is 0 Å². The summed E-state index contributed by atoms with van der Waals surface area (Å²) < 4.78 is 0. The fourth-order valence-electron chi connectivity index (χ4n) is 0.763. The van der Waals surface area contributed by atoms with Crippen molar-refractivity contribution in [2.45, 2.75) is 12.2 Å². The van der Waals surface area contributed by atoms with Crippen LogP contribution in [0.2, 0.25) is 5.15 Å². The minimum atomic E-state index is 0.427. The minimum absolute atomic E-state index is 0.427. The second kappa shape index (κ2) is 5.29. The smallest absolute Gasteiger partial charge is 0.171 e. The van der Waals surface area contributed by atoms with Crippen molar-refractivity contribution in [3.05, 3.63) is 17.5 Å². The Hall–Kier alpha value is -0.480. The molecule has 0 saturated carbocycles. The average molecular weight is 218 g/mol. The van der Waals surface area contributed by atoms with Gasteiger partial charge in [-0.1, -0.05) is 18.5 Å². The first-order chi connectivity index (χ1) is 6.24. The van der Waals surface area contributed by atoms with E-state index in [0.717, 1.165) is 6.54 Å². The number of nitrogens with zero attached hydrogens (tertiary/aromatic N) is 2. The van der Waals surface area contributed by atoms with Gasteiger partial charge in [0.2, 0.25) is 0 Å². The third-order valence-electron chi connectivity index (χ3n) is 1.61. The summed E-state index contributed by atoms with van der Waals surface area (Å²) in [5, 5.41) is 4.10. The molecule has 0 spiro atoms. The second-order valence-electron chi connectivity index (χ2n) is 2.62. The van der Waals surface area contributed by atoms with Crippen molar-refractivity contribution >= 4 is 29.2 Å². The van der Waals surface area contributed by atoms with Crippen LogP contribution in [0.25, 0.3) is 0 Å². The number of hydrogen-bond acceptors (Lipinski definition) is 4. The predicted molar refractivity (Wildman–Crippen MR) is 58.5 cm³/mol. The van der Waals surface area contributed by atoms with Gasteiger partial charge in [-0.15, -0.1) is 0 Å². The summed E-state index contributed by atoms with van der Waals surface area (Å²) in [7, 11) is 0. The summed E-state index contributed by atoms with van der Waals surface area (Å²) in [6, 6.07) is 0. The minimum Gasteiger partial charge on any atom is -0.366 e. The quantitative estimate of drug-likeness (QED) is 0.840. The fourth-order valence-corrected chi connectivity index (χ4v) is 1.19. The van der Waals surface area contributed by atoms with Crippen molar-refractivity contribution in [2.75, 3.05) is 18.1 Å². The highest BCUT2D eigenvalue weighted by Crippen LogP contribution is 2.15. The molecule has 1 N–H and O–H groups in total. The van der Waals surface area contributed by atoms with E-state index < -0.39 is 0 Å². The van der Waals surface area contributed by atoms with Gasteiger partial charge in [-0.05, 0) is 6.26 Å². The van der Waals surface area contributed by atoms with Crippen LogP contribution >= 0.6 is 23.4 Å². The van der Waals surface area contributed by atoms with Crippen molar-refractivity contribution in [3.63, 3.8) is 0 Å². The highest BCUT2D eigenvalue weighted by molar-refractivity contribution is 7.99. The number of rotatable bonds is 4. The molecule has 3 nitrogen and oxygen atoms in total. The number of aromatic nitrogens is 2. The lowest BCUT2D eigenvalue weighted by Crippen LogP contribution is -2.13. The van der Waals surface area contributed by atoms with Crippen LogP contribution < -0.4 is 5.32 Å². The van der Waals surface area contributed by atoms with Gasteiger partial charge in [-0.2, -0.15) is 11.8 Å². The van der Waals surface area contributed by atoms with Gasteiger partial charge in [0, 0.05) is 24.2 Å². The van der Waals surface area contributed by atoms with Gasteiger partial charge in [0.05, 0.1) is 0 Å². The monoisotopic (exact) mass is 217 g/mol. The van der Waals surface area contributed by atoms with Crippen LogP contribution in [0.3, 0.4) is 0 Å². The van der Waals surface area contributed by atoms with Gasteiger partial charge >= 0.3 is 0 Å². The lowest BCUT2D eigenvalue weighted by atomic mass is 10.4. The Morgan fingerprint density at radius 2 is 2.23 bits per heavy atom. The van der Waals surface area contributed by atoms with Crippen molar-refractivity contribution < 1.29 is 0 Å². The number of thioether (sulfide) groups is 1. The van der Waals surface area contributed by atoms with Crippen molar-refractivity contribution in [1.82, 2.24) is 9.97 Å². The topological polar surface area (TPSA) is 37.8 Å². The highest BCUT2D eigenvalue weighted by atomic mass is 35.5. The Morgan fingerprint density at radius 1 is 1.54 bits per heavy atom. The highest BCUT2D eigenvalue weighted by Gasteiger charge is 2.03. The zero-order chi connectivity index (χ0) is 9.68. The zero-order valence-electron chi connectivity index (χ0n) is 7.62. The van der Waals surface area contributed by atoms with E-state index in [1.165, 1.54) is 0 Å². The van der Waals surface area contributed by atoms with E-state index >= 15 is 0 Å². The molecule has 1 atom stereocenters. The first-order valence-electron chi connectivity index (χ1n) is 3.97. The van der Waals surface area contributed by atoms with E-state index in [0.29, 0.717) is 16.2 Å². The first-order valence-corrected chi connectivity index (χ1v) is 5.63. The normalized spacial score (nSPS) is 12.5. The van der Waals surface area contributed by atoms with Crippen LogP contribution in [0, 0.1) is 0 Å². The number of anilines is 1. The third-order valence-corrected chi connectivity index (χ3v) is 2.86. The molecule has 0 aliphatic rings. The number of halogens is 1. The summed E-state index contributed by atoms with van der Waals surface area (Å²) in [6.45, 7) is 2.99. The maximum Gasteiger partial charge on any atom is 0.171 e. The molecule has 5 heteroatoms. The van der Waals surface area contributed by atoms with E-state index in [9.17, 15) is 0 Å². The largest absolute Gasteiger partial charge is 0.366 e. The molecule has 0 amide bonds. The lowest BCUT2D eigenvalue weighted by Gasteiger charge is -2.10. The standard InChI is InChI=1S/C8H12ClN3S/c1-6(13-2)5-12-8-7(9)10-3-4-11-8/h3-4,6H,5H2,1-2H3,(H,11,12). The molecular formula is C8H12ClN3S. The summed E-state index contributed by atoms with van der Waals surface area (Å²) in [4.78, 5) is 7.99. The number of hydrogen-bond donors (Lipinski definition) is 1. The van der Waals surface area contributed by atoms with Gasteiger partial charge in [-0.25, -0.2) is 9.97 Å². The van der Waals surface area contributed by atoms with Gasteiger partial charge in [-0.3, -0.25) is 0 Å². The Kier molecular flexibility index (Phi) is 4.32. The van der Waals surface area contributed by atoms with Crippen LogP contribution in [0.15, 0.2) is 12.4 Å². The number of nitrogens with one attached hydrogen (secondary N) is 1. The summed E-state index contributed by atoms with van der Waals surface area (Å²) in [5.74, 6) is 0.657. The summed E-state index contributed by atoms with van der Waals surface area (Å²) >= 11 is 7.60. The van der Waals surface area contributed by atoms with Gasteiger partial charge in [0.1, 0.15) is 0 Å². The molecule has 0 bridgehead atoms. The second-order valence-corrected chi connectivity index (χ2v) is 4.26. The van der Waals surface area contributed by atoms with Gasteiger partial charge in [0.25, 0.3) is 0 Å². The Balaban J connectivity index is 2.50. The first kappa shape index (κ1) is 10.6. The molecular weight excluding hydrogens is 206 g/mol. The van der Waals surface area contributed by atoms with E-state index in [2.05, 4.69) is 28.5 Å². The Labute approximate surface area is 87.3 Å². The van der Waals surface area contributed by atoms with Crippen LogP contribution in [-0.4, -0.2) is 28.0 Å². The SMILES string of the molecule is CSC(C)CNc1nccnc1Cl. The average Bonchev–Trinajstić information content (AvgIpc) is 2.16. The molecule has 1 rings (SSSR count). The van der Waals surface area contributed by atoms with E-state index in [4.69, 9.17) is 11.6 Å². The lowest BCUT2D eigenvalue weighted by molar-refractivity contribution is 0.986. The van der Waals surface area contributed by atoms with Gasteiger partial charge < -0.3 is 5.32 Å². The zero-order valence-corrected chi connectivity index (χ0v) is 9.19. The van der Waals surface area contributed by atoms with Crippen LogP contribution in [-0.2, 0) is 0 Å². The van der Waals surface area contributed by atoms with Crippen molar-refractivity contribution in [2.24, 2.45) is 0 Å². The molecule has 0 aromatic carbocycles. The molecule has 13 heavy (non-hydrogen) atoms. The predicted octanol–water partition coefficient (Wildman–Crippen LogP) is 2.29. The van der Waals surface area contributed by atoms with Crippen LogP contribution in [0.4, 0.5) is 5.82 Å². The molecule has 0 fully saturated rings. The Morgan fingerprint density at radius 3 is 2.85 bits per heavy atom. The molecule has 1 aromatic heterocycles. The molecule has 72 valence electrons. The third kappa shape index (κ3) is 3.40.